The zero-order valence-electron chi connectivity index (χ0n) is 10.8. The van der Waals surface area contributed by atoms with Crippen LogP contribution in [0.25, 0.3) is 0 Å². The molecule has 1 unspecified atom stereocenters. The summed E-state index contributed by atoms with van der Waals surface area (Å²) >= 11 is 0. The fourth-order valence-corrected chi connectivity index (χ4v) is 2.46. The summed E-state index contributed by atoms with van der Waals surface area (Å²) in [5.41, 5.74) is -3.93. The van der Waals surface area contributed by atoms with Gasteiger partial charge in [0.25, 0.3) is 9.84 Å². The van der Waals surface area contributed by atoms with Crippen molar-refractivity contribution in [3.05, 3.63) is 42.2 Å². The molecule has 5 nitrogen and oxygen atoms in total. The first-order valence-electron chi connectivity index (χ1n) is 5.88. The van der Waals surface area contributed by atoms with Crippen LogP contribution in [-0.2, 0) is 9.84 Å². The van der Waals surface area contributed by atoms with Gasteiger partial charge in [0.15, 0.2) is 0 Å². The Bertz CT molecular complexity index is 694. The normalized spacial score (nSPS) is 13.9. The molecule has 1 aromatic heterocycles. The van der Waals surface area contributed by atoms with Crippen molar-refractivity contribution in [2.24, 2.45) is 0 Å². The number of halogens is 3. The van der Waals surface area contributed by atoms with Crippen molar-refractivity contribution in [1.29, 1.82) is 0 Å². The summed E-state index contributed by atoms with van der Waals surface area (Å²) in [6.45, 7) is 1.84. The molecular formula is C12H12F3N3O2S. The summed E-state index contributed by atoms with van der Waals surface area (Å²) in [6, 6.07) is 4.29. The molecule has 0 aliphatic heterocycles. The van der Waals surface area contributed by atoms with E-state index in [0.717, 1.165) is 17.7 Å². The van der Waals surface area contributed by atoms with Crippen LogP contribution in [0.4, 0.5) is 18.9 Å². The van der Waals surface area contributed by atoms with Crippen molar-refractivity contribution in [2.45, 2.75) is 23.4 Å². The van der Waals surface area contributed by atoms with E-state index in [1.165, 1.54) is 12.1 Å². The largest absolute Gasteiger partial charge is 0.501 e. The second-order valence-corrected chi connectivity index (χ2v) is 6.31. The standard InChI is InChI=1S/C12H12F3N3O2S/c1-8(9-6-16-17-7-9)18-10-2-4-11(5-3-10)21(19,20)12(13,14)15/h2-8,18H,1H3,(H,16,17). The average molecular weight is 319 g/mol. The van der Waals surface area contributed by atoms with E-state index in [9.17, 15) is 21.6 Å². The Morgan fingerprint density at radius 1 is 1.24 bits per heavy atom. The number of hydrogen-bond donors (Lipinski definition) is 2. The van der Waals surface area contributed by atoms with Gasteiger partial charge in [0.1, 0.15) is 0 Å². The summed E-state index contributed by atoms with van der Waals surface area (Å²) in [7, 11) is -5.31. The lowest BCUT2D eigenvalue weighted by molar-refractivity contribution is -0.0436. The third-order valence-corrected chi connectivity index (χ3v) is 4.37. The van der Waals surface area contributed by atoms with Crippen molar-refractivity contribution >= 4 is 15.5 Å². The second-order valence-electron chi connectivity index (χ2n) is 4.37. The molecule has 21 heavy (non-hydrogen) atoms. The molecule has 0 spiro atoms. The van der Waals surface area contributed by atoms with Gasteiger partial charge in [-0.25, -0.2) is 8.42 Å². The summed E-state index contributed by atoms with van der Waals surface area (Å²) < 4.78 is 59.6. The van der Waals surface area contributed by atoms with Crippen LogP contribution < -0.4 is 5.32 Å². The number of sulfone groups is 1. The van der Waals surface area contributed by atoms with Gasteiger partial charge in [-0.2, -0.15) is 18.3 Å². The summed E-state index contributed by atoms with van der Waals surface area (Å²) in [6.07, 6.45) is 3.29. The molecule has 2 N–H and O–H groups in total. The smallest absolute Gasteiger partial charge is 0.378 e. The number of aromatic nitrogens is 2. The number of alkyl halides is 3. The van der Waals surface area contributed by atoms with Gasteiger partial charge < -0.3 is 5.32 Å². The van der Waals surface area contributed by atoms with Crippen LogP contribution in [0.15, 0.2) is 41.6 Å². The van der Waals surface area contributed by atoms with E-state index in [1.807, 2.05) is 6.92 Å². The Labute approximate surface area is 119 Å². The van der Waals surface area contributed by atoms with Gasteiger partial charge in [-0.1, -0.05) is 0 Å². The molecule has 0 saturated carbocycles. The number of aromatic amines is 1. The Morgan fingerprint density at radius 2 is 1.86 bits per heavy atom. The minimum absolute atomic E-state index is 0.131. The van der Waals surface area contributed by atoms with Gasteiger partial charge in [-0.15, -0.1) is 0 Å². The molecule has 9 heteroatoms. The van der Waals surface area contributed by atoms with Crippen molar-refractivity contribution in [1.82, 2.24) is 10.2 Å². The molecule has 114 valence electrons. The third-order valence-electron chi connectivity index (χ3n) is 2.87. The number of nitrogens with one attached hydrogen (secondary N) is 2. The molecule has 1 aromatic carbocycles. The van der Waals surface area contributed by atoms with E-state index in [4.69, 9.17) is 0 Å². The monoisotopic (exact) mass is 319 g/mol. The first kappa shape index (κ1) is 15.4. The molecular weight excluding hydrogens is 307 g/mol. The van der Waals surface area contributed by atoms with Gasteiger partial charge in [-0.3, -0.25) is 5.10 Å². The lowest BCUT2D eigenvalue weighted by Crippen LogP contribution is -2.23. The third kappa shape index (κ3) is 3.18. The van der Waals surface area contributed by atoms with Crippen molar-refractivity contribution < 1.29 is 21.6 Å². The van der Waals surface area contributed by atoms with E-state index >= 15 is 0 Å². The molecule has 0 saturated heterocycles. The maximum atomic E-state index is 12.4. The molecule has 0 bridgehead atoms. The summed E-state index contributed by atoms with van der Waals surface area (Å²) in [4.78, 5) is -0.781. The van der Waals surface area contributed by atoms with Crippen LogP contribution in [0, 0.1) is 0 Å². The van der Waals surface area contributed by atoms with E-state index < -0.39 is 20.2 Å². The first-order chi connectivity index (χ1) is 9.72. The van der Waals surface area contributed by atoms with Gasteiger partial charge in [-0.05, 0) is 31.2 Å². The van der Waals surface area contributed by atoms with Crippen LogP contribution in [0.5, 0.6) is 0 Å². The SMILES string of the molecule is CC(Nc1ccc(S(=O)(=O)C(F)(F)F)cc1)c1cn[nH]c1. The van der Waals surface area contributed by atoms with E-state index in [2.05, 4.69) is 15.5 Å². The number of rotatable bonds is 4. The lowest BCUT2D eigenvalue weighted by atomic mass is 10.2. The van der Waals surface area contributed by atoms with Gasteiger partial charge >= 0.3 is 5.51 Å². The number of hydrogen-bond acceptors (Lipinski definition) is 4. The van der Waals surface area contributed by atoms with Crippen LogP contribution in [-0.4, -0.2) is 24.1 Å². The molecule has 0 aliphatic carbocycles. The maximum Gasteiger partial charge on any atom is 0.501 e. The van der Waals surface area contributed by atoms with Crippen LogP contribution in [0.3, 0.4) is 0 Å². The van der Waals surface area contributed by atoms with Gasteiger partial charge in [0.2, 0.25) is 0 Å². The van der Waals surface area contributed by atoms with E-state index in [1.54, 1.807) is 12.4 Å². The summed E-state index contributed by atoms with van der Waals surface area (Å²) in [5, 5.41) is 9.46. The van der Waals surface area contributed by atoms with Crippen LogP contribution in [0.2, 0.25) is 0 Å². The molecule has 2 aromatic rings. The Kier molecular flexibility index (Phi) is 3.95. The van der Waals surface area contributed by atoms with Crippen LogP contribution >= 0.6 is 0 Å². The molecule has 1 atom stereocenters. The molecule has 1 heterocycles. The summed E-state index contributed by atoms with van der Waals surface area (Å²) in [5.74, 6) is 0. The zero-order chi connectivity index (χ0) is 15.7. The zero-order valence-corrected chi connectivity index (χ0v) is 11.7. The molecule has 0 radical (unpaired) electrons. The highest BCUT2D eigenvalue weighted by molar-refractivity contribution is 7.92. The number of nitrogens with zero attached hydrogens (tertiary/aromatic N) is 1. The minimum atomic E-state index is -5.31. The Balaban J connectivity index is 2.17. The number of anilines is 1. The fraction of sp³-hybridized carbons (Fsp3) is 0.250. The first-order valence-corrected chi connectivity index (χ1v) is 7.37. The molecule has 0 fully saturated rings. The van der Waals surface area contributed by atoms with Crippen molar-refractivity contribution in [2.75, 3.05) is 5.32 Å². The van der Waals surface area contributed by atoms with E-state index in [-0.39, 0.29) is 6.04 Å². The van der Waals surface area contributed by atoms with Crippen LogP contribution in [0.1, 0.15) is 18.5 Å². The predicted molar refractivity (Wildman–Crippen MR) is 70.3 cm³/mol. The minimum Gasteiger partial charge on any atom is -0.378 e. The predicted octanol–water partition coefficient (Wildman–Crippen LogP) is 2.88. The highest BCUT2D eigenvalue weighted by Gasteiger charge is 2.46. The fourth-order valence-electron chi connectivity index (χ4n) is 1.69. The highest BCUT2D eigenvalue weighted by Crippen LogP contribution is 2.31. The van der Waals surface area contributed by atoms with Crippen molar-refractivity contribution in [3.8, 4) is 0 Å². The van der Waals surface area contributed by atoms with Gasteiger partial charge in [0.05, 0.1) is 17.1 Å². The molecule has 0 amide bonds. The lowest BCUT2D eigenvalue weighted by Gasteiger charge is -2.14. The number of H-pyrrole nitrogens is 1. The second kappa shape index (κ2) is 5.40. The Morgan fingerprint density at radius 3 is 2.33 bits per heavy atom. The average Bonchev–Trinajstić information content (AvgIpc) is 2.92. The maximum absolute atomic E-state index is 12.4. The Hall–Kier alpha value is -2.03. The molecule has 2 rings (SSSR count). The molecule has 0 aliphatic rings. The van der Waals surface area contributed by atoms with E-state index in [0.29, 0.717) is 5.69 Å². The topological polar surface area (TPSA) is 74.8 Å². The van der Waals surface area contributed by atoms with Crippen molar-refractivity contribution in [3.63, 3.8) is 0 Å². The number of benzene rings is 1. The van der Waals surface area contributed by atoms with Gasteiger partial charge in [0, 0.05) is 17.4 Å². The highest BCUT2D eigenvalue weighted by atomic mass is 32.2. The quantitative estimate of drug-likeness (QED) is 0.908.